The second-order valence-corrected chi connectivity index (χ2v) is 6.77. The van der Waals surface area contributed by atoms with Crippen LogP contribution in [-0.4, -0.2) is 0 Å². The van der Waals surface area contributed by atoms with Gasteiger partial charge in [-0.15, -0.1) is 0 Å². The van der Waals surface area contributed by atoms with Crippen LogP contribution < -0.4 is 4.57 Å². The average molecular weight is 328 g/mol. The zero-order chi connectivity index (χ0) is 20.2. The van der Waals surface area contributed by atoms with E-state index in [9.17, 15) is 5.26 Å². The van der Waals surface area contributed by atoms with Crippen LogP contribution in [0.2, 0.25) is 0 Å². The van der Waals surface area contributed by atoms with E-state index in [-0.39, 0.29) is 0 Å². The Bertz CT molecular complexity index is 1170. The number of nitrogens with zero attached hydrogens (tertiary/aromatic N) is 2. The molecule has 1 aliphatic carbocycles. The highest BCUT2D eigenvalue weighted by Gasteiger charge is 2.27. The molecule has 0 atom stereocenters. The van der Waals surface area contributed by atoms with Gasteiger partial charge in [-0.25, -0.2) is 0 Å². The van der Waals surface area contributed by atoms with Crippen molar-refractivity contribution >= 4 is 0 Å². The van der Waals surface area contributed by atoms with E-state index >= 15 is 0 Å². The molecule has 1 aromatic heterocycles. The van der Waals surface area contributed by atoms with Gasteiger partial charge >= 0.3 is 0 Å². The molecule has 0 N–H and O–H groups in total. The van der Waals surface area contributed by atoms with Crippen molar-refractivity contribution in [2.24, 2.45) is 7.05 Å². The number of fused-ring (bicyclic) bond motifs is 3. The van der Waals surface area contributed by atoms with Gasteiger partial charge in [-0.05, 0) is 65.7 Å². The molecule has 2 heteroatoms. The number of nitriles is 1. The van der Waals surface area contributed by atoms with E-state index in [1.807, 2.05) is 32.2 Å². The molecule has 0 bridgehead atoms. The number of hydrogen-bond donors (Lipinski definition) is 0. The van der Waals surface area contributed by atoms with Crippen molar-refractivity contribution < 1.29 is 8.68 Å². The summed E-state index contributed by atoms with van der Waals surface area (Å²) >= 11 is 0. The molecule has 25 heavy (non-hydrogen) atoms. The lowest BCUT2D eigenvalue weighted by molar-refractivity contribution is -0.666. The van der Waals surface area contributed by atoms with E-state index in [1.165, 1.54) is 5.56 Å². The molecule has 2 nitrogen and oxygen atoms in total. The molecule has 0 saturated heterocycles. The van der Waals surface area contributed by atoms with Crippen LogP contribution in [0, 0.1) is 32.0 Å². The highest BCUT2D eigenvalue weighted by atomic mass is 14.9. The van der Waals surface area contributed by atoms with Gasteiger partial charge < -0.3 is 0 Å². The zero-order valence-corrected chi connectivity index (χ0v) is 14.6. The molecule has 0 spiro atoms. The fraction of sp³-hybridized carbons (Fsp3) is 0.217. The standard InChI is InChI=1S/C23H21N2/c1-14-9-16(3)25(4)22(10-14)23-15(2)5-7-20-19-8-6-17(13-24)11-18(19)12-21(20)23/h5-11H,12H2,1-4H3/q+1/i1D3. The van der Waals surface area contributed by atoms with Crippen molar-refractivity contribution in [2.45, 2.75) is 27.1 Å². The molecule has 122 valence electrons. The first kappa shape index (κ1) is 12.4. The van der Waals surface area contributed by atoms with Gasteiger partial charge in [-0.3, -0.25) is 0 Å². The zero-order valence-electron chi connectivity index (χ0n) is 17.6. The number of aromatic nitrogens is 1. The number of pyridine rings is 1. The third-order valence-electron chi connectivity index (χ3n) is 5.22. The topological polar surface area (TPSA) is 27.7 Å². The Hall–Kier alpha value is -2.92. The maximum Gasteiger partial charge on any atom is 0.213 e. The second-order valence-electron chi connectivity index (χ2n) is 6.77. The van der Waals surface area contributed by atoms with Crippen LogP contribution in [0.15, 0.2) is 42.5 Å². The summed E-state index contributed by atoms with van der Waals surface area (Å²) in [4.78, 5) is 0. The number of rotatable bonds is 1. The van der Waals surface area contributed by atoms with Gasteiger partial charge in [0, 0.05) is 23.2 Å². The molecule has 2 aromatic carbocycles. The summed E-state index contributed by atoms with van der Waals surface area (Å²) < 4.78 is 25.6. The third-order valence-corrected chi connectivity index (χ3v) is 5.22. The number of benzene rings is 2. The van der Waals surface area contributed by atoms with Crippen molar-refractivity contribution in [1.29, 1.82) is 5.26 Å². The fourth-order valence-electron chi connectivity index (χ4n) is 3.86. The summed E-state index contributed by atoms with van der Waals surface area (Å²) in [6.07, 6.45) is 0.744. The third kappa shape index (κ3) is 2.36. The Morgan fingerprint density at radius 2 is 1.88 bits per heavy atom. The fourth-order valence-corrected chi connectivity index (χ4v) is 3.86. The Kier molecular flexibility index (Phi) is 2.77. The Morgan fingerprint density at radius 1 is 1.08 bits per heavy atom. The second kappa shape index (κ2) is 5.57. The molecule has 1 aliphatic rings. The predicted octanol–water partition coefficient (Wildman–Crippen LogP) is 4.55. The Morgan fingerprint density at radius 3 is 2.64 bits per heavy atom. The van der Waals surface area contributed by atoms with E-state index in [2.05, 4.69) is 29.7 Å². The first-order chi connectivity index (χ1) is 13.2. The predicted molar refractivity (Wildman–Crippen MR) is 100 cm³/mol. The van der Waals surface area contributed by atoms with Gasteiger partial charge in [0.1, 0.15) is 7.05 Å². The van der Waals surface area contributed by atoms with Crippen LogP contribution in [0.4, 0.5) is 0 Å². The number of aryl methyl sites for hydroxylation is 3. The van der Waals surface area contributed by atoms with Gasteiger partial charge in [0.15, 0.2) is 5.69 Å². The van der Waals surface area contributed by atoms with Crippen molar-refractivity contribution in [1.82, 2.24) is 0 Å². The molecule has 4 rings (SSSR count). The Labute approximate surface area is 153 Å². The summed E-state index contributed by atoms with van der Waals surface area (Å²) in [7, 11) is 1.97. The highest BCUT2D eigenvalue weighted by Crippen LogP contribution is 2.42. The lowest BCUT2D eigenvalue weighted by Crippen LogP contribution is -2.35. The first-order valence-electron chi connectivity index (χ1n) is 9.88. The highest BCUT2D eigenvalue weighted by molar-refractivity contribution is 5.85. The molecular weight excluding hydrogens is 304 g/mol. The molecule has 0 saturated carbocycles. The van der Waals surface area contributed by atoms with Crippen molar-refractivity contribution in [3.8, 4) is 28.5 Å². The molecule has 0 radical (unpaired) electrons. The molecular formula is C23H21N2+. The van der Waals surface area contributed by atoms with Crippen LogP contribution in [0.3, 0.4) is 0 Å². The van der Waals surface area contributed by atoms with E-state index in [0.29, 0.717) is 11.1 Å². The summed E-state index contributed by atoms with van der Waals surface area (Å²) in [5.74, 6) is 0. The Balaban J connectivity index is 1.98. The van der Waals surface area contributed by atoms with E-state index in [4.69, 9.17) is 4.11 Å². The van der Waals surface area contributed by atoms with Gasteiger partial charge in [0.05, 0.1) is 17.2 Å². The monoisotopic (exact) mass is 328 g/mol. The largest absolute Gasteiger partial charge is 0.213 e. The smallest absolute Gasteiger partial charge is 0.199 e. The average Bonchev–Trinajstić information content (AvgIpc) is 3.00. The molecule has 1 heterocycles. The molecule has 0 unspecified atom stereocenters. The summed E-state index contributed by atoms with van der Waals surface area (Å²) in [6.45, 7) is 1.85. The van der Waals surface area contributed by atoms with Crippen molar-refractivity contribution in [3.63, 3.8) is 0 Å². The van der Waals surface area contributed by atoms with Gasteiger partial charge in [-0.2, -0.15) is 9.83 Å². The minimum atomic E-state index is -2.15. The maximum absolute atomic E-state index is 9.23. The summed E-state index contributed by atoms with van der Waals surface area (Å²) in [5, 5.41) is 9.23. The van der Waals surface area contributed by atoms with E-state index in [0.717, 1.165) is 45.6 Å². The SMILES string of the molecule is [2H]C([2H])([2H])c1cc(C)[n+](C)c(-c2c(C)ccc3c2Cc2cc(C#N)ccc2-3)c1. The molecule has 0 fully saturated rings. The number of hydrogen-bond acceptors (Lipinski definition) is 1. The minimum absolute atomic E-state index is 0.359. The van der Waals surface area contributed by atoms with Crippen LogP contribution >= 0.6 is 0 Å². The lowest BCUT2D eigenvalue weighted by atomic mass is 9.93. The van der Waals surface area contributed by atoms with Gasteiger partial charge in [-0.1, -0.05) is 18.2 Å². The van der Waals surface area contributed by atoms with Crippen LogP contribution in [-0.2, 0) is 13.5 Å². The lowest BCUT2D eigenvalue weighted by Gasteiger charge is -2.12. The maximum atomic E-state index is 9.23. The van der Waals surface area contributed by atoms with E-state index < -0.39 is 6.85 Å². The van der Waals surface area contributed by atoms with Crippen molar-refractivity contribution in [2.75, 3.05) is 0 Å². The molecule has 0 amide bonds. The van der Waals surface area contributed by atoms with Crippen LogP contribution in [0.1, 0.15) is 37.6 Å². The van der Waals surface area contributed by atoms with E-state index in [1.54, 1.807) is 12.1 Å². The van der Waals surface area contributed by atoms with Crippen molar-refractivity contribution in [3.05, 3.63) is 76.0 Å². The summed E-state index contributed by atoms with van der Waals surface area (Å²) in [5.41, 5.74) is 9.70. The van der Waals surface area contributed by atoms with Gasteiger partial charge in [0.2, 0.25) is 5.69 Å². The summed E-state index contributed by atoms with van der Waals surface area (Å²) in [6, 6.07) is 15.8. The molecule has 0 aliphatic heterocycles. The first-order valence-corrected chi connectivity index (χ1v) is 8.38. The van der Waals surface area contributed by atoms with Crippen LogP contribution in [0.25, 0.3) is 22.4 Å². The van der Waals surface area contributed by atoms with Gasteiger partial charge in [0.25, 0.3) is 0 Å². The quantitative estimate of drug-likeness (QED) is 0.471. The minimum Gasteiger partial charge on any atom is -0.199 e. The normalized spacial score (nSPS) is 14.1. The van der Waals surface area contributed by atoms with Crippen LogP contribution in [0.5, 0.6) is 0 Å². The molecule has 3 aromatic rings.